The Bertz CT molecular complexity index is 1250. The lowest BCUT2D eigenvalue weighted by Gasteiger charge is -2.10. The smallest absolute Gasteiger partial charge is 0.348 e. The van der Waals surface area contributed by atoms with E-state index >= 15 is 0 Å². The topological polar surface area (TPSA) is 137 Å². The summed E-state index contributed by atoms with van der Waals surface area (Å²) in [6.07, 6.45) is 1.41. The molecule has 3 aromatic heterocycles. The molecule has 10 nitrogen and oxygen atoms in total. The van der Waals surface area contributed by atoms with Gasteiger partial charge in [0, 0.05) is 25.4 Å². The number of carboxylic acids is 1. The van der Waals surface area contributed by atoms with Crippen molar-refractivity contribution in [2.24, 2.45) is 0 Å². The van der Waals surface area contributed by atoms with E-state index < -0.39 is 17.5 Å². The van der Waals surface area contributed by atoms with Crippen molar-refractivity contribution in [1.82, 2.24) is 24.6 Å². The number of pyridine rings is 1. The number of H-pyrrole nitrogens is 1. The van der Waals surface area contributed by atoms with Gasteiger partial charge in [0.1, 0.15) is 11.6 Å². The highest BCUT2D eigenvalue weighted by atomic mass is 19.1. The Morgan fingerprint density at radius 1 is 1.21 bits per heavy atom. The van der Waals surface area contributed by atoms with Crippen LogP contribution in [0.25, 0.3) is 16.7 Å². The maximum Gasteiger partial charge on any atom is 0.348 e. The summed E-state index contributed by atoms with van der Waals surface area (Å²) in [5.74, 6) is -0.743. The molecule has 28 heavy (non-hydrogen) atoms. The molecular formula is C17H14FN7O3. The SMILES string of the molecule is O=C(O)c1ccnc(NCCNc2nc3ccc(F)cc3n3c(=O)[nH]nc23)c1. The fourth-order valence-corrected chi connectivity index (χ4v) is 2.77. The number of hydrogen-bond acceptors (Lipinski definition) is 7. The summed E-state index contributed by atoms with van der Waals surface area (Å²) in [6, 6.07) is 6.79. The summed E-state index contributed by atoms with van der Waals surface area (Å²) in [5.41, 5.74) is 0.625. The lowest BCUT2D eigenvalue weighted by atomic mass is 10.2. The van der Waals surface area contributed by atoms with E-state index in [2.05, 4.69) is 30.8 Å². The first-order valence-corrected chi connectivity index (χ1v) is 8.26. The standard InChI is InChI=1S/C17H14FN7O3/c18-10-1-2-11-12(8-10)25-15(23-24-17(25)28)14(22-11)21-6-5-20-13-7-9(16(26)27)3-4-19-13/h1-4,7-8H,5-6H2,(H,19,20)(H,21,22)(H,24,28)(H,26,27). The van der Waals surface area contributed by atoms with Crippen molar-refractivity contribution in [2.75, 3.05) is 23.7 Å². The number of aromatic amines is 1. The molecule has 11 heteroatoms. The van der Waals surface area contributed by atoms with E-state index in [1.165, 1.54) is 40.9 Å². The second-order valence-corrected chi connectivity index (χ2v) is 5.87. The van der Waals surface area contributed by atoms with Gasteiger partial charge in [0.15, 0.2) is 5.82 Å². The van der Waals surface area contributed by atoms with Crippen LogP contribution in [0.1, 0.15) is 10.4 Å². The fraction of sp³-hybridized carbons (Fsp3) is 0.118. The molecule has 0 unspecified atom stereocenters. The predicted octanol–water partition coefficient (Wildman–Crippen LogP) is 1.33. The van der Waals surface area contributed by atoms with Gasteiger partial charge < -0.3 is 15.7 Å². The Kier molecular flexibility index (Phi) is 4.32. The van der Waals surface area contributed by atoms with Crippen LogP contribution in [0.5, 0.6) is 0 Å². The number of halogens is 1. The van der Waals surface area contributed by atoms with E-state index in [-0.39, 0.29) is 11.2 Å². The highest BCUT2D eigenvalue weighted by molar-refractivity contribution is 5.88. The minimum absolute atomic E-state index is 0.131. The molecule has 0 atom stereocenters. The minimum Gasteiger partial charge on any atom is -0.478 e. The molecule has 0 radical (unpaired) electrons. The van der Waals surface area contributed by atoms with Gasteiger partial charge in [-0.15, -0.1) is 5.10 Å². The molecule has 0 saturated carbocycles. The molecule has 1 aromatic carbocycles. The molecule has 0 bridgehead atoms. The van der Waals surface area contributed by atoms with Gasteiger partial charge in [-0.3, -0.25) is 0 Å². The van der Waals surface area contributed by atoms with Crippen molar-refractivity contribution in [1.29, 1.82) is 0 Å². The van der Waals surface area contributed by atoms with Crippen molar-refractivity contribution < 1.29 is 14.3 Å². The van der Waals surface area contributed by atoms with Crippen molar-refractivity contribution in [3.05, 3.63) is 58.4 Å². The summed E-state index contributed by atoms with van der Waals surface area (Å²) < 4.78 is 14.8. The zero-order valence-electron chi connectivity index (χ0n) is 14.3. The van der Waals surface area contributed by atoms with Crippen LogP contribution in [0.2, 0.25) is 0 Å². The first kappa shape index (κ1) is 17.4. The van der Waals surface area contributed by atoms with E-state index in [1.807, 2.05) is 0 Å². The molecule has 3 heterocycles. The summed E-state index contributed by atoms with van der Waals surface area (Å²) in [4.78, 5) is 31.5. The van der Waals surface area contributed by atoms with Gasteiger partial charge >= 0.3 is 11.7 Å². The Morgan fingerprint density at radius 2 is 2.04 bits per heavy atom. The van der Waals surface area contributed by atoms with Crippen molar-refractivity contribution in [3.63, 3.8) is 0 Å². The van der Waals surface area contributed by atoms with Crippen molar-refractivity contribution >= 4 is 34.3 Å². The summed E-state index contributed by atoms with van der Waals surface area (Å²) in [6.45, 7) is 0.787. The maximum absolute atomic E-state index is 13.6. The molecule has 0 saturated heterocycles. The molecule has 0 aliphatic heterocycles. The number of anilines is 2. The van der Waals surface area contributed by atoms with Crippen LogP contribution < -0.4 is 16.3 Å². The van der Waals surface area contributed by atoms with Crippen LogP contribution in [0, 0.1) is 5.82 Å². The monoisotopic (exact) mass is 383 g/mol. The lowest BCUT2D eigenvalue weighted by Crippen LogP contribution is -2.17. The van der Waals surface area contributed by atoms with Gasteiger partial charge in [0.2, 0.25) is 5.65 Å². The second kappa shape index (κ2) is 6.95. The van der Waals surface area contributed by atoms with Crippen LogP contribution in [0.4, 0.5) is 16.0 Å². The molecule has 4 aromatic rings. The first-order chi connectivity index (χ1) is 13.5. The number of nitrogens with zero attached hydrogens (tertiary/aromatic N) is 4. The third-order valence-electron chi connectivity index (χ3n) is 4.03. The van der Waals surface area contributed by atoms with Crippen molar-refractivity contribution in [2.45, 2.75) is 0 Å². The van der Waals surface area contributed by atoms with E-state index in [0.29, 0.717) is 35.8 Å². The molecule has 4 rings (SSSR count). The molecule has 0 fully saturated rings. The maximum atomic E-state index is 13.6. The number of carbonyl (C=O) groups is 1. The van der Waals surface area contributed by atoms with Crippen LogP contribution in [0.15, 0.2) is 41.3 Å². The molecule has 4 N–H and O–H groups in total. The van der Waals surface area contributed by atoms with E-state index in [1.54, 1.807) is 0 Å². The zero-order valence-corrected chi connectivity index (χ0v) is 14.3. The molecule has 142 valence electrons. The van der Waals surface area contributed by atoms with Gasteiger partial charge in [-0.25, -0.2) is 33.4 Å². The number of rotatable bonds is 6. The molecule has 0 amide bonds. The highest BCUT2D eigenvalue weighted by Crippen LogP contribution is 2.19. The number of nitrogens with one attached hydrogen (secondary N) is 3. The quantitative estimate of drug-likeness (QED) is 0.366. The fourth-order valence-electron chi connectivity index (χ4n) is 2.77. The summed E-state index contributed by atoms with van der Waals surface area (Å²) in [5, 5.41) is 21.3. The summed E-state index contributed by atoms with van der Waals surface area (Å²) in [7, 11) is 0. The Labute approximate surface area is 156 Å². The van der Waals surface area contributed by atoms with E-state index in [4.69, 9.17) is 5.11 Å². The third kappa shape index (κ3) is 3.20. The normalized spacial score (nSPS) is 11.0. The van der Waals surface area contributed by atoms with Crippen LogP contribution in [0.3, 0.4) is 0 Å². The number of aromatic nitrogens is 5. The van der Waals surface area contributed by atoms with E-state index in [9.17, 15) is 14.0 Å². The average molecular weight is 383 g/mol. The number of aromatic carboxylic acids is 1. The number of hydrogen-bond donors (Lipinski definition) is 4. The van der Waals surface area contributed by atoms with Crippen LogP contribution >= 0.6 is 0 Å². The molecular weight excluding hydrogens is 369 g/mol. The third-order valence-corrected chi connectivity index (χ3v) is 4.03. The second-order valence-electron chi connectivity index (χ2n) is 5.87. The van der Waals surface area contributed by atoms with E-state index in [0.717, 1.165) is 0 Å². The number of fused-ring (bicyclic) bond motifs is 3. The zero-order chi connectivity index (χ0) is 19.7. The van der Waals surface area contributed by atoms with Gasteiger partial charge in [0.25, 0.3) is 0 Å². The van der Waals surface area contributed by atoms with Gasteiger partial charge in [-0.1, -0.05) is 0 Å². The van der Waals surface area contributed by atoms with Gasteiger partial charge in [-0.2, -0.15) is 0 Å². The number of benzene rings is 1. The first-order valence-electron chi connectivity index (χ1n) is 8.26. The number of carboxylic acid groups (broad SMARTS) is 1. The average Bonchev–Trinajstić information content (AvgIpc) is 3.08. The molecule has 0 aliphatic carbocycles. The Hall–Kier alpha value is -4.02. The van der Waals surface area contributed by atoms with Crippen LogP contribution in [-0.2, 0) is 0 Å². The minimum atomic E-state index is -1.04. The summed E-state index contributed by atoms with van der Waals surface area (Å²) >= 11 is 0. The Morgan fingerprint density at radius 3 is 2.86 bits per heavy atom. The molecule has 0 spiro atoms. The highest BCUT2D eigenvalue weighted by Gasteiger charge is 2.13. The van der Waals surface area contributed by atoms with Gasteiger partial charge in [-0.05, 0) is 24.3 Å². The Balaban J connectivity index is 1.53. The lowest BCUT2D eigenvalue weighted by molar-refractivity contribution is 0.0697. The largest absolute Gasteiger partial charge is 0.478 e. The van der Waals surface area contributed by atoms with Crippen molar-refractivity contribution in [3.8, 4) is 0 Å². The van der Waals surface area contributed by atoms with Crippen LogP contribution in [-0.4, -0.2) is 48.7 Å². The molecule has 0 aliphatic rings. The van der Waals surface area contributed by atoms with Gasteiger partial charge in [0.05, 0.1) is 16.6 Å². The predicted molar refractivity (Wildman–Crippen MR) is 99.2 cm³/mol.